The fraction of sp³-hybridized carbons (Fsp3) is 0.235. The predicted molar refractivity (Wildman–Crippen MR) is 83.3 cm³/mol. The second kappa shape index (κ2) is 6.62. The molecule has 0 spiro atoms. The summed E-state index contributed by atoms with van der Waals surface area (Å²) in [4.78, 5) is 12.5. The average molecular weight is 286 g/mol. The van der Waals surface area contributed by atoms with Crippen molar-refractivity contribution >= 4 is 17.7 Å². The Hall–Kier alpha value is -1.74. The summed E-state index contributed by atoms with van der Waals surface area (Å²) >= 11 is 1.41. The molecule has 0 heterocycles. The summed E-state index contributed by atoms with van der Waals surface area (Å²) in [5.41, 5.74) is 3.46. The molecular weight excluding hydrogens is 268 g/mol. The van der Waals surface area contributed by atoms with Crippen molar-refractivity contribution < 1.29 is 9.90 Å². The number of aliphatic carboxylic acids is 1. The minimum Gasteiger partial charge on any atom is -0.480 e. The van der Waals surface area contributed by atoms with Gasteiger partial charge < -0.3 is 5.11 Å². The van der Waals surface area contributed by atoms with Gasteiger partial charge in [0.15, 0.2) is 0 Å². The Balaban J connectivity index is 2.20. The molecule has 0 aliphatic heterocycles. The van der Waals surface area contributed by atoms with Crippen molar-refractivity contribution in [1.82, 2.24) is 0 Å². The number of thioether (sulfide) groups is 1. The number of aryl methyl sites for hydroxylation is 2. The third-order valence-electron chi connectivity index (χ3n) is 3.33. The zero-order valence-corrected chi connectivity index (χ0v) is 12.5. The Bertz CT molecular complexity index is 573. The quantitative estimate of drug-likeness (QED) is 0.841. The molecule has 2 aromatic rings. The number of hydrogen-bond donors (Lipinski definition) is 1. The summed E-state index contributed by atoms with van der Waals surface area (Å²) in [6, 6.07) is 15.8. The molecule has 0 bridgehead atoms. The van der Waals surface area contributed by atoms with Crippen LogP contribution in [0.4, 0.5) is 0 Å². The van der Waals surface area contributed by atoms with Crippen molar-refractivity contribution in [1.29, 1.82) is 0 Å². The molecule has 2 nitrogen and oxygen atoms in total. The highest BCUT2D eigenvalue weighted by molar-refractivity contribution is 8.00. The van der Waals surface area contributed by atoms with E-state index in [1.54, 1.807) is 0 Å². The molecule has 104 valence electrons. The molecule has 0 saturated carbocycles. The maximum atomic E-state index is 11.5. The van der Waals surface area contributed by atoms with E-state index in [1.165, 1.54) is 11.8 Å². The lowest BCUT2D eigenvalue weighted by Gasteiger charge is -2.15. The molecule has 2 aromatic carbocycles. The summed E-state index contributed by atoms with van der Waals surface area (Å²) in [6.45, 7) is 4.07. The van der Waals surface area contributed by atoms with Crippen LogP contribution in [0.25, 0.3) is 0 Å². The minimum atomic E-state index is -0.762. The Labute approximate surface area is 123 Å². The second-order valence-electron chi connectivity index (χ2n) is 4.83. The first-order valence-electron chi connectivity index (χ1n) is 6.57. The van der Waals surface area contributed by atoms with Gasteiger partial charge in [-0.1, -0.05) is 36.4 Å². The van der Waals surface area contributed by atoms with Gasteiger partial charge in [0.2, 0.25) is 0 Å². The molecule has 20 heavy (non-hydrogen) atoms. The molecule has 0 radical (unpaired) electrons. The van der Waals surface area contributed by atoms with Crippen molar-refractivity contribution in [2.24, 2.45) is 0 Å². The van der Waals surface area contributed by atoms with Crippen LogP contribution in [0.15, 0.2) is 53.4 Å². The Morgan fingerprint density at radius 2 is 1.65 bits per heavy atom. The van der Waals surface area contributed by atoms with E-state index in [0.29, 0.717) is 6.42 Å². The molecule has 0 amide bonds. The van der Waals surface area contributed by atoms with E-state index in [0.717, 1.165) is 21.6 Å². The fourth-order valence-corrected chi connectivity index (χ4v) is 3.19. The molecule has 0 saturated heterocycles. The standard InChI is InChI=1S/C17H18O2S/c1-12-7-6-8-13(2)15(12)11-16(17(18)19)20-14-9-4-3-5-10-14/h3-10,16H,11H2,1-2H3,(H,18,19). The predicted octanol–water partition coefficient (Wildman–Crippen LogP) is 4.09. The molecule has 0 fully saturated rings. The monoisotopic (exact) mass is 286 g/mol. The van der Waals surface area contributed by atoms with Crippen molar-refractivity contribution in [2.45, 2.75) is 30.4 Å². The van der Waals surface area contributed by atoms with Crippen molar-refractivity contribution in [3.05, 3.63) is 65.2 Å². The van der Waals surface area contributed by atoms with E-state index in [2.05, 4.69) is 0 Å². The van der Waals surface area contributed by atoms with Gasteiger partial charge in [0.1, 0.15) is 5.25 Å². The van der Waals surface area contributed by atoms with Gasteiger partial charge in [0.25, 0.3) is 0 Å². The van der Waals surface area contributed by atoms with Crippen LogP contribution in [-0.2, 0) is 11.2 Å². The lowest BCUT2D eigenvalue weighted by Crippen LogP contribution is -2.20. The Morgan fingerprint density at radius 1 is 1.05 bits per heavy atom. The molecule has 1 atom stereocenters. The van der Waals surface area contributed by atoms with Gasteiger partial charge in [-0.25, -0.2) is 0 Å². The second-order valence-corrected chi connectivity index (χ2v) is 6.11. The largest absolute Gasteiger partial charge is 0.480 e. The van der Waals surface area contributed by atoms with Crippen LogP contribution in [0.3, 0.4) is 0 Å². The fourth-order valence-electron chi connectivity index (χ4n) is 2.20. The number of rotatable bonds is 5. The topological polar surface area (TPSA) is 37.3 Å². The Kier molecular flexibility index (Phi) is 4.85. The SMILES string of the molecule is Cc1cccc(C)c1CC(Sc1ccccc1)C(=O)O. The van der Waals surface area contributed by atoms with Gasteiger partial charge >= 0.3 is 5.97 Å². The maximum absolute atomic E-state index is 11.5. The van der Waals surface area contributed by atoms with Crippen LogP contribution >= 0.6 is 11.8 Å². The first-order valence-corrected chi connectivity index (χ1v) is 7.45. The van der Waals surface area contributed by atoms with Crippen LogP contribution < -0.4 is 0 Å². The van der Waals surface area contributed by atoms with Crippen molar-refractivity contribution in [2.75, 3.05) is 0 Å². The van der Waals surface area contributed by atoms with E-state index < -0.39 is 11.2 Å². The molecule has 1 unspecified atom stereocenters. The first-order chi connectivity index (χ1) is 9.58. The molecule has 0 aliphatic rings. The molecule has 2 rings (SSSR count). The molecule has 1 N–H and O–H groups in total. The van der Waals surface area contributed by atoms with Gasteiger partial charge in [-0.15, -0.1) is 11.8 Å². The lowest BCUT2D eigenvalue weighted by molar-refractivity contribution is -0.136. The lowest BCUT2D eigenvalue weighted by atomic mass is 9.98. The average Bonchev–Trinajstić information content (AvgIpc) is 2.42. The van der Waals surface area contributed by atoms with Gasteiger partial charge in [0.05, 0.1) is 0 Å². The zero-order chi connectivity index (χ0) is 14.5. The highest BCUT2D eigenvalue weighted by Crippen LogP contribution is 2.27. The van der Waals surface area contributed by atoms with Crippen molar-refractivity contribution in [3.63, 3.8) is 0 Å². The highest BCUT2D eigenvalue weighted by atomic mass is 32.2. The maximum Gasteiger partial charge on any atom is 0.317 e. The highest BCUT2D eigenvalue weighted by Gasteiger charge is 2.21. The summed E-state index contributed by atoms with van der Waals surface area (Å²) in [7, 11) is 0. The van der Waals surface area contributed by atoms with E-state index in [-0.39, 0.29) is 0 Å². The third-order valence-corrected chi connectivity index (χ3v) is 4.53. The van der Waals surface area contributed by atoms with Crippen molar-refractivity contribution in [3.8, 4) is 0 Å². The summed E-state index contributed by atoms with van der Waals surface area (Å²) in [5, 5.41) is 9.00. The summed E-state index contributed by atoms with van der Waals surface area (Å²) in [6.07, 6.45) is 0.549. The van der Waals surface area contributed by atoms with Gasteiger partial charge in [-0.05, 0) is 49.1 Å². The first kappa shape index (κ1) is 14.7. The normalized spacial score (nSPS) is 12.1. The van der Waals surface area contributed by atoms with E-state index in [1.807, 2.05) is 62.4 Å². The van der Waals surface area contributed by atoms with Crippen LogP contribution in [0.1, 0.15) is 16.7 Å². The van der Waals surface area contributed by atoms with Crippen LogP contribution in [0.5, 0.6) is 0 Å². The summed E-state index contributed by atoms with van der Waals surface area (Å²) < 4.78 is 0. The Morgan fingerprint density at radius 3 is 2.20 bits per heavy atom. The van der Waals surface area contributed by atoms with E-state index >= 15 is 0 Å². The number of benzene rings is 2. The molecule has 3 heteroatoms. The van der Waals surface area contributed by atoms with E-state index in [9.17, 15) is 9.90 Å². The van der Waals surface area contributed by atoms with Crippen LogP contribution in [0.2, 0.25) is 0 Å². The smallest absolute Gasteiger partial charge is 0.317 e. The number of hydrogen-bond acceptors (Lipinski definition) is 2. The van der Waals surface area contributed by atoms with Gasteiger partial charge in [-0.3, -0.25) is 4.79 Å². The molecule has 0 aliphatic carbocycles. The number of carboxylic acid groups (broad SMARTS) is 1. The summed E-state index contributed by atoms with van der Waals surface area (Å²) in [5.74, 6) is -0.762. The van der Waals surface area contributed by atoms with Gasteiger partial charge in [0, 0.05) is 4.90 Å². The van der Waals surface area contributed by atoms with Crippen LogP contribution in [0, 0.1) is 13.8 Å². The third kappa shape index (κ3) is 3.64. The number of carbonyl (C=O) groups is 1. The van der Waals surface area contributed by atoms with E-state index in [4.69, 9.17) is 0 Å². The molecule has 0 aromatic heterocycles. The number of carboxylic acids is 1. The van der Waals surface area contributed by atoms with Gasteiger partial charge in [-0.2, -0.15) is 0 Å². The molecular formula is C17H18O2S. The zero-order valence-electron chi connectivity index (χ0n) is 11.7. The minimum absolute atomic E-state index is 0.461. The van der Waals surface area contributed by atoms with Crippen LogP contribution in [-0.4, -0.2) is 16.3 Å².